The first-order valence-corrected chi connectivity index (χ1v) is 9.95. The summed E-state index contributed by atoms with van der Waals surface area (Å²) in [6.45, 7) is 8.49. The smallest absolute Gasteiger partial charge is 0.191 e. The lowest BCUT2D eigenvalue weighted by atomic mass is 10.1. The summed E-state index contributed by atoms with van der Waals surface area (Å²) in [5.74, 6) is 2.17. The molecule has 0 spiro atoms. The molecule has 1 aromatic heterocycles. The van der Waals surface area contributed by atoms with Crippen LogP contribution in [-0.2, 0) is 24.9 Å². The standard InChI is InChI=1S/C21H31N5O2.HI/c1-4-22-21(24-13-19-7-9-25-26(19)3)23-12-18-6-5-16(2)11-20(18)28-15-17-8-10-27-14-17;/h5-7,9,11,17H,4,8,10,12-15H2,1-3H3,(H2,22,23,24);1H. The van der Waals surface area contributed by atoms with Gasteiger partial charge in [0.1, 0.15) is 5.75 Å². The molecule has 7 nitrogen and oxygen atoms in total. The van der Waals surface area contributed by atoms with E-state index in [1.54, 1.807) is 6.20 Å². The number of ether oxygens (including phenoxy) is 2. The van der Waals surface area contributed by atoms with Crippen LogP contribution in [0.3, 0.4) is 0 Å². The number of hydrogen-bond donors (Lipinski definition) is 2. The molecule has 1 saturated heterocycles. The number of rotatable bonds is 8. The van der Waals surface area contributed by atoms with E-state index in [1.165, 1.54) is 5.56 Å². The summed E-state index contributed by atoms with van der Waals surface area (Å²) in [5, 5.41) is 10.9. The number of guanidine groups is 1. The molecular weight excluding hydrogens is 481 g/mol. The summed E-state index contributed by atoms with van der Waals surface area (Å²) in [7, 11) is 1.94. The van der Waals surface area contributed by atoms with E-state index in [9.17, 15) is 0 Å². The van der Waals surface area contributed by atoms with E-state index in [4.69, 9.17) is 14.5 Å². The molecule has 29 heavy (non-hydrogen) atoms. The number of halogens is 1. The van der Waals surface area contributed by atoms with Crippen LogP contribution in [0.1, 0.15) is 30.2 Å². The second-order valence-electron chi connectivity index (χ2n) is 7.15. The maximum Gasteiger partial charge on any atom is 0.191 e. The van der Waals surface area contributed by atoms with Crippen molar-refractivity contribution in [3.05, 3.63) is 47.3 Å². The van der Waals surface area contributed by atoms with Gasteiger partial charge in [-0.05, 0) is 38.0 Å². The Balaban J connectivity index is 0.00000300. The van der Waals surface area contributed by atoms with Crippen molar-refractivity contribution in [3.63, 3.8) is 0 Å². The molecule has 160 valence electrons. The van der Waals surface area contributed by atoms with Crippen LogP contribution < -0.4 is 15.4 Å². The number of aryl methyl sites for hydroxylation is 2. The molecule has 0 amide bonds. The number of hydrogen-bond acceptors (Lipinski definition) is 4. The van der Waals surface area contributed by atoms with Crippen molar-refractivity contribution in [1.82, 2.24) is 20.4 Å². The van der Waals surface area contributed by atoms with Gasteiger partial charge < -0.3 is 20.1 Å². The first-order chi connectivity index (χ1) is 13.7. The monoisotopic (exact) mass is 513 g/mol. The van der Waals surface area contributed by atoms with Gasteiger partial charge in [-0.3, -0.25) is 4.68 Å². The Hall–Kier alpha value is -1.81. The lowest BCUT2D eigenvalue weighted by molar-refractivity contribution is 0.166. The quantitative estimate of drug-likeness (QED) is 0.323. The van der Waals surface area contributed by atoms with E-state index in [2.05, 4.69) is 47.8 Å². The Bertz CT molecular complexity index is 787. The average Bonchev–Trinajstić information content (AvgIpc) is 3.35. The van der Waals surface area contributed by atoms with Crippen molar-refractivity contribution in [2.45, 2.75) is 33.4 Å². The Morgan fingerprint density at radius 1 is 1.34 bits per heavy atom. The topological polar surface area (TPSA) is 72.7 Å². The van der Waals surface area contributed by atoms with Gasteiger partial charge in [0.25, 0.3) is 0 Å². The van der Waals surface area contributed by atoms with Gasteiger partial charge in [-0.15, -0.1) is 24.0 Å². The Morgan fingerprint density at radius 2 is 2.21 bits per heavy atom. The normalized spacial score (nSPS) is 16.4. The third kappa shape index (κ3) is 7.18. The predicted molar refractivity (Wildman–Crippen MR) is 126 cm³/mol. The maximum absolute atomic E-state index is 6.13. The second-order valence-corrected chi connectivity index (χ2v) is 7.15. The average molecular weight is 513 g/mol. The fourth-order valence-electron chi connectivity index (χ4n) is 3.10. The van der Waals surface area contributed by atoms with E-state index in [-0.39, 0.29) is 24.0 Å². The molecule has 1 aliphatic rings. The van der Waals surface area contributed by atoms with E-state index >= 15 is 0 Å². The number of aliphatic imine (C=N–C) groups is 1. The van der Waals surface area contributed by atoms with Gasteiger partial charge in [-0.1, -0.05) is 12.1 Å². The molecular formula is C21H32IN5O2. The highest BCUT2D eigenvalue weighted by molar-refractivity contribution is 14.0. The van der Waals surface area contributed by atoms with Crippen LogP contribution in [-0.4, -0.2) is 42.1 Å². The zero-order valence-corrected chi connectivity index (χ0v) is 19.8. The zero-order valence-electron chi connectivity index (χ0n) is 17.5. The molecule has 1 aliphatic heterocycles. The van der Waals surface area contributed by atoms with Gasteiger partial charge in [0.05, 0.1) is 32.0 Å². The lowest BCUT2D eigenvalue weighted by Crippen LogP contribution is -2.37. The molecule has 3 rings (SSSR count). The van der Waals surface area contributed by atoms with Crippen molar-refractivity contribution in [2.75, 3.05) is 26.4 Å². The van der Waals surface area contributed by atoms with Crippen LogP contribution >= 0.6 is 24.0 Å². The maximum atomic E-state index is 6.13. The van der Waals surface area contributed by atoms with Crippen LogP contribution in [0.2, 0.25) is 0 Å². The minimum absolute atomic E-state index is 0. The van der Waals surface area contributed by atoms with E-state index in [1.807, 2.05) is 17.8 Å². The van der Waals surface area contributed by atoms with Crippen molar-refractivity contribution in [2.24, 2.45) is 18.0 Å². The van der Waals surface area contributed by atoms with Gasteiger partial charge in [-0.2, -0.15) is 5.10 Å². The van der Waals surface area contributed by atoms with Crippen molar-refractivity contribution >= 4 is 29.9 Å². The van der Waals surface area contributed by atoms with Crippen LogP contribution in [0.4, 0.5) is 0 Å². The number of nitrogens with one attached hydrogen (secondary N) is 2. The summed E-state index contributed by atoms with van der Waals surface area (Å²) in [6.07, 6.45) is 2.87. The van der Waals surface area contributed by atoms with Gasteiger partial charge in [-0.25, -0.2) is 4.99 Å². The van der Waals surface area contributed by atoms with E-state index < -0.39 is 0 Å². The van der Waals surface area contributed by atoms with Crippen LogP contribution in [0.15, 0.2) is 35.5 Å². The predicted octanol–water partition coefficient (Wildman–Crippen LogP) is 3.02. The highest BCUT2D eigenvalue weighted by Gasteiger charge is 2.17. The first kappa shape index (κ1) is 23.5. The first-order valence-electron chi connectivity index (χ1n) is 9.95. The van der Waals surface area contributed by atoms with Gasteiger partial charge in [0.15, 0.2) is 5.96 Å². The molecule has 2 heterocycles. The highest BCUT2D eigenvalue weighted by atomic mass is 127. The third-order valence-electron chi connectivity index (χ3n) is 4.83. The number of aromatic nitrogens is 2. The van der Waals surface area contributed by atoms with Crippen molar-refractivity contribution in [1.29, 1.82) is 0 Å². The third-order valence-corrected chi connectivity index (χ3v) is 4.83. The molecule has 2 N–H and O–H groups in total. The molecule has 1 atom stereocenters. The van der Waals surface area contributed by atoms with Crippen LogP contribution in [0.5, 0.6) is 5.75 Å². The molecule has 0 aliphatic carbocycles. The summed E-state index contributed by atoms with van der Waals surface area (Å²) < 4.78 is 13.4. The molecule has 1 fully saturated rings. The van der Waals surface area contributed by atoms with Gasteiger partial charge in [0, 0.05) is 37.9 Å². The Kier molecular flexibility index (Phi) is 9.72. The fraction of sp³-hybridized carbons (Fsp3) is 0.524. The van der Waals surface area contributed by atoms with Gasteiger partial charge in [0.2, 0.25) is 0 Å². The zero-order chi connectivity index (χ0) is 19.8. The molecule has 0 saturated carbocycles. The molecule has 8 heteroatoms. The number of nitrogens with zero attached hydrogens (tertiary/aromatic N) is 3. The summed E-state index contributed by atoms with van der Waals surface area (Å²) >= 11 is 0. The van der Waals surface area contributed by atoms with Crippen molar-refractivity contribution < 1.29 is 9.47 Å². The highest BCUT2D eigenvalue weighted by Crippen LogP contribution is 2.23. The Morgan fingerprint density at radius 3 is 2.90 bits per heavy atom. The van der Waals surface area contributed by atoms with Crippen LogP contribution in [0.25, 0.3) is 0 Å². The van der Waals surface area contributed by atoms with Crippen molar-refractivity contribution in [3.8, 4) is 5.75 Å². The summed E-state index contributed by atoms with van der Waals surface area (Å²) in [6, 6.07) is 8.29. The lowest BCUT2D eigenvalue weighted by Gasteiger charge is -2.15. The van der Waals surface area contributed by atoms with Crippen LogP contribution in [0, 0.1) is 12.8 Å². The van der Waals surface area contributed by atoms with E-state index in [0.29, 0.717) is 25.6 Å². The second kappa shape index (κ2) is 12.0. The molecule has 0 radical (unpaired) electrons. The minimum Gasteiger partial charge on any atom is -0.493 e. The molecule has 2 aromatic rings. The fourth-order valence-corrected chi connectivity index (χ4v) is 3.10. The van der Waals surface area contributed by atoms with E-state index in [0.717, 1.165) is 49.1 Å². The number of benzene rings is 1. The summed E-state index contributed by atoms with van der Waals surface area (Å²) in [4.78, 5) is 4.74. The minimum atomic E-state index is 0. The van der Waals surface area contributed by atoms with Gasteiger partial charge >= 0.3 is 0 Å². The Labute approximate surface area is 190 Å². The largest absolute Gasteiger partial charge is 0.493 e. The molecule has 0 bridgehead atoms. The summed E-state index contributed by atoms with van der Waals surface area (Å²) in [5.41, 5.74) is 3.37. The SMILES string of the molecule is CCNC(=NCc1ccc(C)cc1OCC1CCOC1)NCc1ccnn1C.I. The molecule has 1 unspecified atom stereocenters. The molecule has 1 aromatic carbocycles.